The summed E-state index contributed by atoms with van der Waals surface area (Å²) in [6, 6.07) is 10.4. The Balaban J connectivity index is 1.32. The first-order chi connectivity index (χ1) is 20.0. The maximum absolute atomic E-state index is 14.3. The monoisotopic (exact) mass is 591 g/mol. The summed E-state index contributed by atoms with van der Waals surface area (Å²) in [5.41, 5.74) is 4.62. The van der Waals surface area contributed by atoms with Crippen LogP contribution in [0.15, 0.2) is 35.7 Å². The van der Waals surface area contributed by atoms with Gasteiger partial charge < -0.3 is 28.6 Å². The lowest BCUT2D eigenvalue weighted by atomic mass is 9.84. The van der Waals surface area contributed by atoms with Crippen molar-refractivity contribution >= 4 is 23.3 Å². The van der Waals surface area contributed by atoms with E-state index in [0.717, 1.165) is 52.5 Å². The Hall–Kier alpha value is -3.46. The van der Waals surface area contributed by atoms with Gasteiger partial charge in [0, 0.05) is 48.7 Å². The van der Waals surface area contributed by atoms with E-state index >= 15 is 0 Å². The first-order valence-electron chi connectivity index (χ1n) is 14.9. The summed E-state index contributed by atoms with van der Waals surface area (Å²) in [5, 5.41) is 2.08. The number of hydrogen-bond donors (Lipinski definition) is 0. The molecule has 3 aliphatic rings. The number of fused-ring (bicyclic) bond motifs is 5. The first-order valence-corrected chi connectivity index (χ1v) is 15.8. The number of aromatic nitrogens is 1. The van der Waals surface area contributed by atoms with Gasteiger partial charge in [-0.05, 0) is 94.5 Å². The van der Waals surface area contributed by atoms with Gasteiger partial charge in [-0.25, -0.2) is 4.79 Å². The quantitative estimate of drug-likeness (QED) is 0.336. The Morgan fingerprint density at radius 2 is 1.69 bits per heavy atom. The second-order valence-corrected chi connectivity index (χ2v) is 14.0. The van der Waals surface area contributed by atoms with Gasteiger partial charge in [0.25, 0.3) is 5.91 Å². The van der Waals surface area contributed by atoms with E-state index in [1.54, 1.807) is 18.4 Å². The fourth-order valence-corrected chi connectivity index (χ4v) is 7.46. The molecule has 0 aliphatic carbocycles. The van der Waals surface area contributed by atoms with Gasteiger partial charge in [-0.1, -0.05) is 6.07 Å². The number of piperidine rings is 2. The number of benzene rings is 1. The van der Waals surface area contributed by atoms with Crippen LogP contribution in [0.3, 0.4) is 0 Å². The normalized spacial score (nSPS) is 19.8. The van der Waals surface area contributed by atoms with Crippen molar-refractivity contribution < 1.29 is 23.8 Å². The lowest BCUT2D eigenvalue weighted by Crippen LogP contribution is -2.56. The lowest BCUT2D eigenvalue weighted by molar-refractivity contribution is -0.00731. The second-order valence-electron chi connectivity index (χ2n) is 13.1. The summed E-state index contributed by atoms with van der Waals surface area (Å²) in [7, 11) is 1.68. The molecule has 2 bridgehead atoms. The maximum atomic E-state index is 14.3. The number of likely N-dealkylation sites (tertiary alicyclic amines) is 2. The number of carbonyl (C=O) groups is 2. The Bertz CT molecular complexity index is 1470. The molecule has 224 valence electrons. The van der Waals surface area contributed by atoms with Crippen LogP contribution >= 0.6 is 11.3 Å². The van der Waals surface area contributed by atoms with Gasteiger partial charge in [-0.3, -0.25) is 4.79 Å². The molecular formula is C33H41N3O5S. The number of nitrogens with zero attached hydrogens (tertiary/aromatic N) is 3. The van der Waals surface area contributed by atoms with Crippen LogP contribution in [0.5, 0.6) is 11.5 Å². The molecule has 2 saturated heterocycles. The van der Waals surface area contributed by atoms with E-state index in [2.05, 4.69) is 40.3 Å². The summed E-state index contributed by atoms with van der Waals surface area (Å²) in [6.07, 6.45) is 1.58. The largest absolute Gasteiger partial charge is 0.493 e. The molecule has 2 fully saturated rings. The number of methoxy groups -OCH3 is 1. The van der Waals surface area contributed by atoms with Gasteiger partial charge in [0.1, 0.15) is 11.3 Å². The molecule has 2 aromatic heterocycles. The molecule has 42 heavy (non-hydrogen) atoms. The van der Waals surface area contributed by atoms with Crippen molar-refractivity contribution in [2.24, 2.45) is 11.8 Å². The summed E-state index contributed by atoms with van der Waals surface area (Å²) in [6.45, 7) is 12.9. The number of amides is 2. The van der Waals surface area contributed by atoms with E-state index in [9.17, 15) is 9.59 Å². The van der Waals surface area contributed by atoms with Crippen LogP contribution < -0.4 is 9.47 Å². The van der Waals surface area contributed by atoms with E-state index in [1.165, 1.54) is 5.56 Å². The van der Waals surface area contributed by atoms with Gasteiger partial charge >= 0.3 is 6.09 Å². The summed E-state index contributed by atoms with van der Waals surface area (Å²) in [4.78, 5) is 32.0. The molecule has 3 aromatic rings. The minimum atomic E-state index is -0.522. The van der Waals surface area contributed by atoms with E-state index in [0.29, 0.717) is 31.9 Å². The lowest BCUT2D eigenvalue weighted by Gasteiger charge is -2.45. The molecule has 0 saturated carbocycles. The van der Waals surface area contributed by atoms with Gasteiger partial charge in [0.2, 0.25) is 0 Å². The van der Waals surface area contributed by atoms with E-state index in [4.69, 9.17) is 14.2 Å². The zero-order chi connectivity index (χ0) is 29.8. The third-order valence-electron chi connectivity index (χ3n) is 8.23. The number of ether oxygens (including phenoxy) is 3. The van der Waals surface area contributed by atoms with Crippen LogP contribution in [0.4, 0.5) is 4.79 Å². The molecular weight excluding hydrogens is 550 g/mol. The highest BCUT2D eigenvalue weighted by molar-refractivity contribution is 7.13. The summed E-state index contributed by atoms with van der Waals surface area (Å²) < 4.78 is 19.7. The zero-order valence-corrected chi connectivity index (χ0v) is 26.3. The molecule has 2 amide bonds. The topological polar surface area (TPSA) is 73.2 Å². The minimum Gasteiger partial charge on any atom is -0.493 e. The fourth-order valence-electron chi connectivity index (χ4n) is 6.72. The molecule has 0 spiro atoms. The highest BCUT2D eigenvalue weighted by Crippen LogP contribution is 2.45. The van der Waals surface area contributed by atoms with Crippen molar-refractivity contribution in [3.05, 3.63) is 47.0 Å². The molecule has 8 nitrogen and oxygen atoms in total. The average molecular weight is 592 g/mol. The molecule has 2 atom stereocenters. The van der Waals surface area contributed by atoms with Gasteiger partial charge in [-0.2, -0.15) is 0 Å². The summed E-state index contributed by atoms with van der Waals surface area (Å²) >= 11 is 1.68. The molecule has 6 rings (SSSR count). The molecule has 5 heterocycles. The molecule has 3 aliphatic heterocycles. The van der Waals surface area contributed by atoms with Crippen molar-refractivity contribution in [3.63, 3.8) is 0 Å². The Morgan fingerprint density at radius 3 is 2.31 bits per heavy atom. The maximum Gasteiger partial charge on any atom is 0.410 e. The van der Waals surface area contributed by atoms with Crippen LogP contribution in [0.25, 0.3) is 21.7 Å². The van der Waals surface area contributed by atoms with Crippen molar-refractivity contribution in [1.82, 2.24) is 14.4 Å². The van der Waals surface area contributed by atoms with E-state index in [-0.39, 0.29) is 29.9 Å². The SMILES string of the molecule is COc1cc2c(cc1OC(C)C)-c1c(-c3cccs3)cc(C(=O)N3CC4CC(CN(C(=O)OC(C)(C)C)C4)C3)n1CC2. The second kappa shape index (κ2) is 11.0. The van der Waals surface area contributed by atoms with E-state index < -0.39 is 5.60 Å². The zero-order valence-electron chi connectivity index (χ0n) is 25.4. The number of hydrogen-bond acceptors (Lipinski definition) is 6. The third-order valence-corrected chi connectivity index (χ3v) is 9.14. The third kappa shape index (κ3) is 5.51. The summed E-state index contributed by atoms with van der Waals surface area (Å²) in [5.74, 6) is 1.99. The molecule has 9 heteroatoms. The Kier molecular flexibility index (Phi) is 7.50. The minimum absolute atomic E-state index is 0.00558. The van der Waals surface area contributed by atoms with E-state index in [1.807, 2.05) is 44.4 Å². The number of carbonyl (C=O) groups excluding carboxylic acids is 2. The highest BCUT2D eigenvalue weighted by Gasteiger charge is 2.40. The molecule has 0 N–H and O–H groups in total. The Morgan fingerprint density at radius 1 is 0.976 bits per heavy atom. The van der Waals surface area contributed by atoms with Crippen molar-refractivity contribution in [1.29, 1.82) is 0 Å². The number of rotatable bonds is 5. The molecule has 1 aromatic carbocycles. The first kappa shape index (κ1) is 28.6. The molecule has 0 radical (unpaired) electrons. The van der Waals surface area contributed by atoms with Gasteiger partial charge in [0.15, 0.2) is 11.5 Å². The van der Waals surface area contributed by atoms with Gasteiger partial charge in [-0.15, -0.1) is 11.3 Å². The van der Waals surface area contributed by atoms with Gasteiger partial charge in [0.05, 0.1) is 18.9 Å². The smallest absolute Gasteiger partial charge is 0.410 e. The number of thiophene rings is 1. The predicted octanol–water partition coefficient (Wildman–Crippen LogP) is 6.56. The van der Waals surface area contributed by atoms with Crippen LogP contribution in [0.1, 0.15) is 57.1 Å². The molecule has 2 unspecified atom stereocenters. The predicted molar refractivity (Wildman–Crippen MR) is 165 cm³/mol. The average Bonchev–Trinajstić information content (AvgIpc) is 3.59. The van der Waals surface area contributed by atoms with Crippen LogP contribution in [-0.4, -0.2) is 71.4 Å². The van der Waals surface area contributed by atoms with Crippen LogP contribution in [-0.2, 0) is 17.7 Å². The highest BCUT2D eigenvalue weighted by atomic mass is 32.1. The Labute approximate surface area is 252 Å². The van der Waals surface area contributed by atoms with Crippen molar-refractivity contribution in [2.45, 2.75) is 65.7 Å². The van der Waals surface area contributed by atoms with Crippen molar-refractivity contribution in [3.8, 4) is 33.2 Å². The fraction of sp³-hybridized carbons (Fsp3) is 0.515. The number of aryl methyl sites for hydroxylation is 1. The standard InChI is InChI=1S/C33H41N3O5S/c1-20(2)40-28-15-24-23(13-27(28)39-6)9-10-36-26(14-25(30(24)36)29-8-7-11-42-29)31(37)34-16-21-12-22(17-34)19-35(18-21)32(38)41-33(3,4)5/h7-8,11,13-15,20-22H,9-10,12,16-19H2,1-6H3. The van der Waals surface area contributed by atoms with Crippen LogP contribution in [0, 0.1) is 11.8 Å². The van der Waals surface area contributed by atoms with Crippen molar-refractivity contribution in [2.75, 3.05) is 33.3 Å². The van der Waals surface area contributed by atoms with Crippen LogP contribution in [0.2, 0.25) is 0 Å².